The monoisotopic (exact) mass is 311 g/mol. The van der Waals surface area contributed by atoms with E-state index in [2.05, 4.69) is 4.98 Å². The number of hydrogen-bond donors (Lipinski definition) is 1. The molecule has 2 rings (SSSR count). The largest absolute Gasteiger partial charge is 0.481 e. The van der Waals surface area contributed by atoms with Gasteiger partial charge in [0.2, 0.25) is 0 Å². The Kier molecular flexibility index (Phi) is 4.84. The van der Waals surface area contributed by atoms with Crippen LogP contribution in [0.15, 0.2) is 23.4 Å². The Morgan fingerprint density at radius 3 is 2.86 bits per heavy atom. The van der Waals surface area contributed by atoms with Crippen molar-refractivity contribution < 1.29 is 14.3 Å². The average molecular weight is 311 g/mol. The zero-order valence-corrected chi connectivity index (χ0v) is 13.0. The lowest BCUT2D eigenvalue weighted by molar-refractivity contribution is -0.133. The summed E-state index contributed by atoms with van der Waals surface area (Å²) in [5, 5.41) is 9.45. The molecule has 0 radical (unpaired) electrons. The lowest BCUT2D eigenvalue weighted by Gasteiger charge is -2.20. The number of imidazole rings is 1. The number of carboxylic acid groups (broad SMARTS) is 1. The third kappa shape index (κ3) is 3.74. The second-order valence-electron chi connectivity index (χ2n) is 5.19. The first-order valence-electron chi connectivity index (χ1n) is 6.55. The highest BCUT2D eigenvalue weighted by Crippen LogP contribution is 2.28. The number of rotatable bonds is 6. The van der Waals surface area contributed by atoms with Crippen LogP contribution in [-0.2, 0) is 4.79 Å². The Balaban J connectivity index is 2.46. The van der Waals surface area contributed by atoms with E-state index in [4.69, 9.17) is 5.11 Å². The molecule has 0 aliphatic carbocycles. The molecule has 5 nitrogen and oxygen atoms in total. The average Bonchev–Trinajstić information content (AvgIpc) is 2.72. The van der Waals surface area contributed by atoms with Crippen LogP contribution in [0, 0.1) is 5.82 Å². The number of thioether (sulfide) groups is 1. The van der Waals surface area contributed by atoms with Crippen molar-refractivity contribution in [2.45, 2.75) is 18.1 Å². The number of aromatic nitrogens is 2. The highest BCUT2D eigenvalue weighted by Gasteiger charge is 2.18. The fourth-order valence-corrected chi connectivity index (χ4v) is 3.15. The van der Waals surface area contributed by atoms with Crippen LogP contribution in [0.4, 0.5) is 4.39 Å². The third-order valence-corrected chi connectivity index (χ3v) is 3.95. The summed E-state index contributed by atoms with van der Waals surface area (Å²) in [6, 6.07) is 4.56. The Morgan fingerprint density at radius 2 is 2.24 bits per heavy atom. The molecule has 1 heterocycles. The summed E-state index contributed by atoms with van der Waals surface area (Å²) in [5.74, 6) is -1.31. The van der Waals surface area contributed by atoms with Crippen molar-refractivity contribution in [2.75, 3.05) is 26.4 Å². The second-order valence-corrected chi connectivity index (χ2v) is 6.13. The van der Waals surface area contributed by atoms with Gasteiger partial charge in [0.1, 0.15) is 5.82 Å². The number of carboxylic acids is 1. The molecule has 0 saturated heterocycles. The summed E-state index contributed by atoms with van der Waals surface area (Å²) in [6.45, 7) is 2.82. The van der Waals surface area contributed by atoms with Crippen LogP contribution in [0.3, 0.4) is 0 Å². The van der Waals surface area contributed by atoms with Crippen molar-refractivity contribution in [1.82, 2.24) is 14.5 Å². The normalized spacial score (nSPS) is 13.0. The van der Waals surface area contributed by atoms with Gasteiger partial charge in [0.05, 0.1) is 16.8 Å². The molecule has 1 unspecified atom stereocenters. The van der Waals surface area contributed by atoms with Crippen LogP contribution in [0.5, 0.6) is 0 Å². The molecular formula is C14H18FN3O2S. The molecule has 7 heteroatoms. The second kappa shape index (κ2) is 6.44. The Labute approximate surface area is 126 Å². The molecule has 0 fully saturated rings. The predicted octanol–water partition coefficient (Wildman–Crippen LogP) is 2.47. The number of halogens is 1. The predicted molar refractivity (Wildman–Crippen MR) is 81.3 cm³/mol. The molecule has 1 N–H and O–H groups in total. The van der Waals surface area contributed by atoms with Gasteiger partial charge in [-0.25, -0.2) is 9.37 Å². The van der Waals surface area contributed by atoms with Gasteiger partial charge >= 0.3 is 5.97 Å². The lowest BCUT2D eigenvalue weighted by atomic mass is 10.2. The number of aliphatic carboxylic acids is 1. The maximum atomic E-state index is 13.3. The topological polar surface area (TPSA) is 58.4 Å². The van der Waals surface area contributed by atoms with E-state index in [1.54, 1.807) is 6.07 Å². The van der Waals surface area contributed by atoms with Gasteiger partial charge in [-0.2, -0.15) is 0 Å². The molecule has 1 atom stereocenters. The minimum absolute atomic E-state index is 0.0690. The summed E-state index contributed by atoms with van der Waals surface area (Å²) in [7, 11) is 3.94. The fraction of sp³-hybridized carbons (Fsp3) is 0.429. The van der Waals surface area contributed by atoms with E-state index in [1.165, 1.54) is 12.1 Å². The van der Waals surface area contributed by atoms with Gasteiger partial charge in [0, 0.05) is 18.7 Å². The summed E-state index contributed by atoms with van der Waals surface area (Å²) < 4.78 is 15.3. The standard InChI is InChI=1S/C14H18FN3O2S/c1-9(7-17(2)3)18-12-5-4-10(15)6-11(12)16-14(18)21-8-13(19)20/h4-6,9H,7-8H2,1-3H3,(H,19,20). The van der Waals surface area contributed by atoms with E-state index in [0.29, 0.717) is 10.7 Å². The Hall–Kier alpha value is -1.60. The zero-order chi connectivity index (χ0) is 15.6. The van der Waals surface area contributed by atoms with Gasteiger partial charge in [-0.3, -0.25) is 4.79 Å². The molecule has 2 aromatic rings. The summed E-state index contributed by atoms with van der Waals surface area (Å²) >= 11 is 1.15. The maximum absolute atomic E-state index is 13.3. The molecule has 1 aromatic heterocycles. The van der Waals surface area contributed by atoms with E-state index in [9.17, 15) is 9.18 Å². The quantitative estimate of drug-likeness (QED) is 0.831. The molecule has 114 valence electrons. The van der Waals surface area contributed by atoms with Crippen molar-refractivity contribution in [2.24, 2.45) is 0 Å². The van der Waals surface area contributed by atoms with Crippen LogP contribution >= 0.6 is 11.8 Å². The molecule has 0 spiro atoms. The van der Waals surface area contributed by atoms with E-state index in [1.807, 2.05) is 30.5 Å². The summed E-state index contributed by atoms with van der Waals surface area (Å²) in [6.07, 6.45) is 0. The first-order valence-corrected chi connectivity index (χ1v) is 7.54. The molecule has 1 aromatic carbocycles. The van der Waals surface area contributed by atoms with Crippen LogP contribution in [-0.4, -0.2) is 51.9 Å². The first kappa shape index (κ1) is 15.8. The lowest BCUT2D eigenvalue weighted by Crippen LogP contribution is -2.23. The highest BCUT2D eigenvalue weighted by atomic mass is 32.2. The molecule has 0 saturated carbocycles. The molecule has 21 heavy (non-hydrogen) atoms. The summed E-state index contributed by atoms with van der Waals surface area (Å²) in [4.78, 5) is 17.2. The van der Waals surface area contributed by atoms with Crippen LogP contribution < -0.4 is 0 Å². The van der Waals surface area contributed by atoms with Crippen LogP contribution in [0.2, 0.25) is 0 Å². The number of carbonyl (C=O) groups is 1. The van der Waals surface area contributed by atoms with E-state index in [0.717, 1.165) is 23.8 Å². The van der Waals surface area contributed by atoms with Crippen molar-refractivity contribution >= 4 is 28.8 Å². The molecule has 0 aliphatic rings. The van der Waals surface area contributed by atoms with Gasteiger partial charge in [0.15, 0.2) is 5.16 Å². The van der Waals surface area contributed by atoms with Crippen molar-refractivity contribution in [3.63, 3.8) is 0 Å². The van der Waals surface area contributed by atoms with Gasteiger partial charge in [-0.05, 0) is 33.2 Å². The maximum Gasteiger partial charge on any atom is 0.313 e. The molecular weight excluding hydrogens is 293 g/mol. The van der Waals surface area contributed by atoms with Gasteiger partial charge in [-0.1, -0.05) is 11.8 Å². The first-order chi connectivity index (χ1) is 9.88. The van der Waals surface area contributed by atoms with Crippen LogP contribution in [0.1, 0.15) is 13.0 Å². The van der Waals surface area contributed by atoms with Crippen molar-refractivity contribution in [3.05, 3.63) is 24.0 Å². The third-order valence-electron chi connectivity index (χ3n) is 3.01. The summed E-state index contributed by atoms with van der Waals surface area (Å²) in [5.41, 5.74) is 1.37. The smallest absolute Gasteiger partial charge is 0.313 e. The van der Waals surface area contributed by atoms with Crippen molar-refractivity contribution in [3.8, 4) is 0 Å². The van der Waals surface area contributed by atoms with E-state index in [-0.39, 0.29) is 17.6 Å². The molecule has 0 amide bonds. The van der Waals surface area contributed by atoms with E-state index >= 15 is 0 Å². The number of hydrogen-bond acceptors (Lipinski definition) is 4. The fourth-order valence-electron chi connectivity index (χ4n) is 2.31. The number of fused-ring (bicyclic) bond motifs is 1. The minimum Gasteiger partial charge on any atom is -0.481 e. The SMILES string of the molecule is CC(CN(C)C)n1c(SCC(=O)O)nc2cc(F)ccc21. The molecule has 0 bridgehead atoms. The Morgan fingerprint density at radius 1 is 1.52 bits per heavy atom. The highest BCUT2D eigenvalue weighted by molar-refractivity contribution is 7.99. The number of benzene rings is 1. The van der Waals surface area contributed by atoms with Gasteiger partial charge in [0.25, 0.3) is 0 Å². The van der Waals surface area contributed by atoms with E-state index < -0.39 is 5.97 Å². The minimum atomic E-state index is -0.898. The Bertz CT molecular complexity index is 657. The van der Waals surface area contributed by atoms with Crippen LogP contribution in [0.25, 0.3) is 11.0 Å². The zero-order valence-electron chi connectivity index (χ0n) is 12.2. The number of likely N-dealkylation sites (N-methyl/N-ethyl adjacent to an activating group) is 1. The van der Waals surface area contributed by atoms with Crippen molar-refractivity contribution in [1.29, 1.82) is 0 Å². The van der Waals surface area contributed by atoms with Gasteiger partial charge in [-0.15, -0.1) is 0 Å². The number of nitrogens with zero attached hydrogens (tertiary/aromatic N) is 3. The molecule has 0 aliphatic heterocycles. The van der Waals surface area contributed by atoms with Gasteiger partial charge < -0.3 is 14.6 Å².